The predicted molar refractivity (Wildman–Crippen MR) is 80.1 cm³/mol. The molecule has 1 unspecified atom stereocenters. The van der Waals surface area contributed by atoms with E-state index < -0.39 is 0 Å². The van der Waals surface area contributed by atoms with Crippen LogP contribution in [0.4, 0.5) is 0 Å². The van der Waals surface area contributed by atoms with Gasteiger partial charge in [-0.3, -0.25) is 9.59 Å². The maximum absolute atomic E-state index is 12.1. The standard InChI is InChI=1S/C15H25N3O4/c1-10(13(20)21-6)9-18(5)12(19)8-7-11-16-14(17-22-11)15(2,3)4/h10H,7-9H2,1-6H3. The van der Waals surface area contributed by atoms with Crippen LogP contribution in [0.5, 0.6) is 0 Å². The van der Waals surface area contributed by atoms with Crippen LogP contribution in [-0.2, 0) is 26.2 Å². The fraction of sp³-hybridized carbons (Fsp3) is 0.733. The van der Waals surface area contributed by atoms with Crippen molar-refractivity contribution >= 4 is 11.9 Å². The van der Waals surface area contributed by atoms with Gasteiger partial charge in [0.2, 0.25) is 11.8 Å². The summed E-state index contributed by atoms with van der Waals surface area (Å²) in [4.78, 5) is 29.2. The fourth-order valence-corrected chi connectivity index (χ4v) is 1.85. The predicted octanol–water partition coefficient (Wildman–Crippen LogP) is 1.57. The summed E-state index contributed by atoms with van der Waals surface area (Å²) >= 11 is 0. The molecule has 0 fully saturated rings. The Hall–Kier alpha value is -1.92. The summed E-state index contributed by atoms with van der Waals surface area (Å²) in [5, 5.41) is 3.92. The van der Waals surface area contributed by atoms with Crippen molar-refractivity contribution in [2.75, 3.05) is 20.7 Å². The molecule has 1 rings (SSSR count). The number of nitrogens with zero attached hydrogens (tertiary/aromatic N) is 3. The van der Waals surface area contributed by atoms with Crippen molar-refractivity contribution in [1.82, 2.24) is 15.0 Å². The van der Waals surface area contributed by atoms with E-state index in [4.69, 9.17) is 4.52 Å². The molecule has 22 heavy (non-hydrogen) atoms. The fourth-order valence-electron chi connectivity index (χ4n) is 1.85. The van der Waals surface area contributed by atoms with Gasteiger partial charge in [0.1, 0.15) is 0 Å². The third-order valence-electron chi connectivity index (χ3n) is 3.27. The molecule has 1 aromatic heterocycles. The van der Waals surface area contributed by atoms with Gasteiger partial charge in [-0.25, -0.2) is 0 Å². The van der Waals surface area contributed by atoms with E-state index in [0.29, 0.717) is 24.7 Å². The van der Waals surface area contributed by atoms with Crippen LogP contribution in [0.1, 0.15) is 45.8 Å². The highest BCUT2D eigenvalue weighted by atomic mass is 16.5. The lowest BCUT2D eigenvalue weighted by Crippen LogP contribution is -2.34. The highest BCUT2D eigenvalue weighted by Gasteiger charge is 2.22. The number of ether oxygens (including phenoxy) is 1. The second-order valence-corrected chi connectivity index (χ2v) is 6.46. The van der Waals surface area contributed by atoms with Gasteiger partial charge < -0.3 is 14.2 Å². The Balaban J connectivity index is 2.48. The highest BCUT2D eigenvalue weighted by Crippen LogP contribution is 2.18. The second-order valence-electron chi connectivity index (χ2n) is 6.46. The number of carbonyl (C=O) groups is 2. The zero-order valence-corrected chi connectivity index (χ0v) is 14.2. The quantitative estimate of drug-likeness (QED) is 0.741. The summed E-state index contributed by atoms with van der Waals surface area (Å²) in [5.74, 6) is 0.322. The maximum Gasteiger partial charge on any atom is 0.310 e. The molecule has 7 heteroatoms. The Morgan fingerprint density at radius 2 is 2.00 bits per heavy atom. The number of aryl methyl sites for hydroxylation is 1. The van der Waals surface area contributed by atoms with Crippen molar-refractivity contribution < 1.29 is 18.8 Å². The molecule has 0 aliphatic heterocycles. The van der Waals surface area contributed by atoms with Gasteiger partial charge in [-0.05, 0) is 0 Å². The maximum atomic E-state index is 12.1. The van der Waals surface area contributed by atoms with E-state index >= 15 is 0 Å². The van der Waals surface area contributed by atoms with Crippen molar-refractivity contribution in [3.05, 3.63) is 11.7 Å². The monoisotopic (exact) mass is 311 g/mol. The summed E-state index contributed by atoms with van der Waals surface area (Å²) in [6.07, 6.45) is 0.648. The molecule has 0 aliphatic carbocycles. The van der Waals surface area contributed by atoms with Crippen molar-refractivity contribution in [2.24, 2.45) is 5.92 Å². The van der Waals surface area contributed by atoms with Crippen LogP contribution >= 0.6 is 0 Å². The van der Waals surface area contributed by atoms with Crippen LogP contribution in [0, 0.1) is 5.92 Å². The third-order valence-corrected chi connectivity index (χ3v) is 3.27. The molecule has 0 N–H and O–H groups in total. The van der Waals surface area contributed by atoms with E-state index in [0.717, 1.165) is 0 Å². The molecule has 0 aromatic carbocycles. The number of hydrogen-bond acceptors (Lipinski definition) is 6. The van der Waals surface area contributed by atoms with Gasteiger partial charge in [-0.1, -0.05) is 32.9 Å². The zero-order valence-electron chi connectivity index (χ0n) is 14.2. The van der Waals surface area contributed by atoms with Crippen LogP contribution in [0.25, 0.3) is 0 Å². The van der Waals surface area contributed by atoms with Gasteiger partial charge >= 0.3 is 5.97 Å². The Kier molecular flexibility index (Phi) is 6.08. The topological polar surface area (TPSA) is 85.5 Å². The van der Waals surface area contributed by atoms with E-state index in [1.807, 2.05) is 20.8 Å². The lowest BCUT2D eigenvalue weighted by atomic mass is 9.96. The van der Waals surface area contributed by atoms with E-state index in [2.05, 4.69) is 14.9 Å². The van der Waals surface area contributed by atoms with Crippen LogP contribution in [0.15, 0.2) is 4.52 Å². The lowest BCUT2D eigenvalue weighted by molar-refractivity contribution is -0.146. The Morgan fingerprint density at radius 1 is 1.36 bits per heavy atom. The molecule has 1 amide bonds. The summed E-state index contributed by atoms with van der Waals surface area (Å²) < 4.78 is 9.80. The van der Waals surface area contributed by atoms with Gasteiger partial charge in [0.15, 0.2) is 5.82 Å². The molecule has 0 spiro atoms. The average Bonchev–Trinajstić information content (AvgIpc) is 2.92. The number of aromatic nitrogens is 2. The number of rotatable bonds is 6. The number of methoxy groups -OCH3 is 1. The van der Waals surface area contributed by atoms with Gasteiger partial charge in [-0.15, -0.1) is 0 Å². The second kappa shape index (κ2) is 7.38. The summed E-state index contributed by atoms with van der Waals surface area (Å²) in [7, 11) is 3.00. The smallest absolute Gasteiger partial charge is 0.310 e. The van der Waals surface area contributed by atoms with E-state index in [-0.39, 0.29) is 29.6 Å². The average molecular weight is 311 g/mol. The first-order valence-electron chi connectivity index (χ1n) is 7.30. The Labute approximate surface area is 131 Å². The van der Waals surface area contributed by atoms with Gasteiger partial charge in [0, 0.05) is 31.8 Å². The molecule has 0 bridgehead atoms. The minimum absolute atomic E-state index is 0.0775. The minimum Gasteiger partial charge on any atom is -0.469 e. The number of hydrogen-bond donors (Lipinski definition) is 0. The highest BCUT2D eigenvalue weighted by molar-refractivity contribution is 5.77. The zero-order chi connectivity index (χ0) is 16.9. The molecule has 1 atom stereocenters. The summed E-state index contributed by atoms with van der Waals surface area (Å²) in [6.45, 7) is 8.03. The van der Waals surface area contributed by atoms with Crippen molar-refractivity contribution in [2.45, 2.75) is 46.0 Å². The minimum atomic E-state index is -0.352. The molecular weight excluding hydrogens is 286 g/mol. The van der Waals surface area contributed by atoms with Gasteiger partial charge in [0.05, 0.1) is 13.0 Å². The first kappa shape index (κ1) is 18.1. The van der Waals surface area contributed by atoms with Crippen molar-refractivity contribution in [3.8, 4) is 0 Å². The van der Waals surface area contributed by atoms with Gasteiger partial charge in [-0.2, -0.15) is 4.98 Å². The first-order valence-corrected chi connectivity index (χ1v) is 7.30. The van der Waals surface area contributed by atoms with Crippen molar-refractivity contribution in [3.63, 3.8) is 0 Å². The van der Waals surface area contributed by atoms with E-state index in [1.54, 1.807) is 14.0 Å². The summed E-state index contributed by atoms with van der Waals surface area (Å²) in [5.41, 5.74) is -0.182. The number of esters is 1. The van der Waals surface area contributed by atoms with Crippen LogP contribution in [-0.4, -0.2) is 47.6 Å². The molecular formula is C15H25N3O4. The normalized spacial score (nSPS) is 12.8. The largest absolute Gasteiger partial charge is 0.469 e. The van der Waals surface area contributed by atoms with Crippen LogP contribution in [0.3, 0.4) is 0 Å². The Morgan fingerprint density at radius 3 is 2.50 bits per heavy atom. The van der Waals surface area contributed by atoms with E-state index in [9.17, 15) is 9.59 Å². The van der Waals surface area contributed by atoms with Gasteiger partial charge in [0.25, 0.3) is 0 Å². The Bertz CT molecular complexity index is 519. The molecule has 7 nitrogen and oxygen atoms in total. The lowest BCUT2D eigenvalue weighted by Gasteiger charge is -2.19. The van der Waals surface area contributed by atoms with Crippen LogP contribution < -0.4 is 0 Å². The van der Waals surface area contributed by atoms with E-state index in [1.165, 1.54) is 12.0 Å². The molecule has 124 valence electrons. The summed E-state index contributed by atoms with van der Waals surface area (Å²) in [6, 6.07) is 0. The first-order chi connectivity index (χ1) is 10.1. The molecule has 0 saturated carbocycles. The number of amides is 1. The van der Waals surface area contributed by atoms with Crippen LogP contribution in [0.2, 0.25) is 0 Å². The SMILES string of the molecule is COC(=O)C(C)CN(C)C(=O)CCc1nc(C(C)(C)C)no1. The molecule has 0 saturated heterocycles. The third kappa shape index (κ3) is 5.13. The van der Waals surface area contributed by atoms with Crippen molar-refractivity contribution in [1.29, 1.82) is 0 Å². The molecule has 1 heterocycles. The number of carbonyl (C=O) groups excluding carboxylic acids is 2. The molecule has 0 aliphatic rings. The molecule has 0 radical (unpaired) electrons. The molecule has 1 aromatic rings.